The molecule has 2 nitrogen and oxygen atoms in total. The van der Waals surface area contributed by atoms with E-state index in [1.807, 2.05) is 0 Å². The Morgan fingerprint density at radius 2 is 1.80 bits per heavy atom. The van der Waals surface area contributed by atoms with Crippen molar-refractivity contribution < 1.29 is 0 Å². The Hall–Kier alpha value is -1.54. The van der Waals surface area contributed by atoms with Gasteiger partial charge in [0.1, 0.15) is 0 Å². The second kappa shape index (κ2) is 6.76. The minimum atomic E-state index is 0.964. The summed E-state index contributed by atoms with van der Waals surface area (Å²) >= 11 is 0. The van der Waals surface area contributed by atoms with Crippen LogP contribution in [0.5, 0.6) is 0 Å². The van der Waals surface area contributed by atoms with Gasteiger partial charge in [0.25, 0.3) is 0 Å². The first-order chi connectivity index (χ1) is 9.63. The zero-order chi connectivity index (χ0) is 14.5. The van der Waals surface area contributed by atoms with Gasteiger partial charge in [0.05, 0.1) is 0 Å². The standard InChI is InChI=1S/C18H26N2/c1-5-20-15(3)12-18(16(20)4)13-19-11-10-17-9-7-6-8-14(17)2/h6-9,12,19H,5,10-11,13H2,1-4H3. The number of rotatable bonds is 6. The van der Waals surface area contributed by atoms with Gasteiger partial charge in [0.2, 0.25) is 0 Å². The van der Waals surface area contributed by atoms with Crippen LogP contribution in [-0.4, -0.2) is 11.1 Å². The van der Waals surface area contributed by atoms with Crippen LogP contribution in [0.25, 0.3) is 0 Å². The summed E-state index contributed by atoms with van der Waals surface area (Å²) in [5, 5.41) is 3.57. The fourth-order valence-electron chi connectivity index (χ4n) is 2.87. The summed E-state index contributed by atoms with van der Waals surface area (Å²) in [5.74, 6) is 0. The molecule has 0 spiro atoms. The monoisotopic (exact) mass is 270 g/mol. The summed E-state index contributed by atoms with van der Waals surface area (Å²) in [6.45, 7) is 11.8. The molecule has 0 fully saturated rings. The van der Waals surface area contributed by atoms with Crippen molar-refractivity contribution in [2.45, 2.75) is 47.2 Å². The molecule has 0 unspecified atom stereocenters. The van der Waals surface area contributed by atoms with E-state index in [-0.39, 0.29) is 0 Å². The number of hydrogen-bond acceptors (Lipinski definition) is 1. The van der Waals surface area contributed by atoms with E-state index >= 15 is 0 Å². The highest BCUT2D eigenvalue weighted by Crippen LogP contribution is 2.14. The third-order valence-corrected chi connectivity index (χ3v) is 4.14. The van der Waals surface area contributed by atoms with E-state index in [1.54, 1.807) is 0 Å². The van der Waals surface area contributed by atoms with Gasteiger partial charge in [-0.2, -0.15) is 0 Å². The molecule has 1 heterocycles. The van der Waals surface area contributed by atoms with E-state index in [1.165, 1.54) is 28.1 Å². The molecule has 0 amide bonds. The van der Waals surface area contributed by atoms with E-state index in [0.717, 1.165) is 26.1 Å². The van der Waals surface area contributed by atoms with Crippen molar-refractivity contribution >= 4 is 0 Å². The van der Waals surface area contributed by atoms with Gasteiger partial charge in [0.15, 0.2) is 0 Å². The lowest BCUT2D eigenvalue weighted by molar-refractivity contribution is 0.671. The molecule has 0 aliphatic carbocycles. The lowest BCUT2D eigenvalue weighted by atomic mass is 10.1. The van der Waals surface area contributed by atoms with Crippen LogP contribution in [0.1, 0.15) is 35.0 Å². The average Bonchev–Trinajstić information content (AvgIpc) is 2.71. The van der Waals surface area contributed by atoms with Gasteiger partial charge in [0, 0.05) is 24.5 Å². The number of nitrogens with zero attached hydrogens (tertiary/aromatic N) is 1. The van der Waals surface area contributed by atoms with Gasteiger partial charge in [-0.25, -0.2) is 0 Å². The maximum absolute atomic E-state index is 3.57. The summed E-state index contributed by atoms with van der Waals surface area (Å²) in [5.41, 5.74) is 7.01. The van der Waals surface area contributed by atoms with Crippen molar-refractivity contribution in [3.8, 4) is 0 Å². The molecule has 0 aliphatic rings. The lowest BCUT2D eigenvalue weighted by Gasteiger charge is -2.08. The molecule has 1 aromatic heterocycles. The second-order valence-corrected chi connectivity index (χ2v) is 5.49. The molecular formula is C18H26N2. The Morgan fingerprint density at radius 3 is 2.45 bits per heavy atom. The SMILES string of the molecule is CCn1c(C)cc(CNCCc2ccccc2C)c1C. The van der Waals surface area contributed by atoms with E-state index in [9.17, 15) is 0 Å². The number of aryl methyl sites for hydroxylation is 2. The van der Waals surface area contributed by atoms with Crippen molar-refractivity contribution in [1.82, 2.24) is 9.88 Å². The molecule has 0 atom stereocenters. The van der Waals surface area contributed by atoms with E-state index in [0.29, 0.717) is 0 Å². The molecule has 0 saturated carbocycles. The molecule has 0 radical (unpaired) electrons. The Morgan fingerprint density at radius 1 is 1.05 bits per heavy atom. The largest absolute Gasteiger partial charge is 0.349 e. The molecule has 0 aliphatic heterocycles. The van der Waals surface area contributed by atoms with Crippen LogP contribution in [0.2, 0.25) is 0 Å². The quantitative estimate of drug-likeness (QED) is 0.791. The van der Waals surface area contributed by atoms with Gasteiger partial charge in [-0.1, -0.05) is 24.3 Å². The van der Waals surface area contributed by atoms with E-state index in [4.69, 9.17) is 0 Å². The van der Waals surface area contributed by atoms with Crippen LogP contribution >= 0.6 is 0 Å². The summed E-state index contributed by atoms with van der Waals surface area (Å²) in [6, 6.07) is 10.9. The molecule has 1 aromatic carbocycles. The summed E-state index contributed by atoms with van der Waals surface area (Å²) in [4.78, 5) is 0. The predicted octanol–water partition coefficient (Wildman–Crippen LogP) is 3.77. The van der Waals surface area contributed by atoms with Crippen molar-refractivity contribution in [2.24, 2.45) is 0 Å². The Labute approximate surface area is 122 Å². The molecule has 2 aromatic rings. The minimum absolute atomic E-state index is 0.964. The fraction of sp³-hybridized carbons (Fsp3) is 0.444. The zero-order valence-electron chi connectivity index (χ0n) is 13.2. The fourth-order valence-corrected chi connectivity index (χ4v) is 2.87. The van der Waals surface area contributed by atoms with Crippen molar-refractivity contribution in [1.29, 1.82) is 0 Å². The van der Waals surface area contributed by atoms with Gasteiger partial charge in [-0.3, -0.25) is 0 Å². The molecule has 20 heavy (non-hydrogen) atoms. The highest BCUT2D eigenvalue weighted by Gasteiger charge is 2.06. The Balaban J connectivity index is 1.86. The number of hydrogen-bond donors (Lipinski definition) is 1. The molecule has 108 valence electrons. The van der Waals surface area contributed by atoms with Crippen LogP contribution in [0.4, 0.5) is 0 Å². The van der Waals surface area contributed by atoms with Gasteiger partial charge in [-0.05, 0) is 63.4 Å². The molecule has 1 N–H and O–H groups in total. The van der Waals surface area contributed by atoms with Crippen molar-refractivity contribution in [2.75, 3.05) is 6.54 Å². The van der Waals surface area contributed by atoms with Crippen molar-refractivity contribution in [3.05, 3.63) is 58.4 Å². The Kier molecular flexibility index (Phi) is 5.02. The van der Waals surface area contributed by atoms with Crippen LogP contribution in [0, 0.1) is 20.8 Å². The van der Waals surface area contributed by atoms with Crippen LogP contribution in [0.15, 0.2) is 30.3 Å². The van der Waals surface area contributed by atoms with Crippen molar-refractivity contribution in [3.63, 3.8) is 0 Å². The molecule has 2 heteroatoms. The molecular weight excluding hydrogens is 244 g/mol. The number of benzene rings is 1. The first kappa shape index (κ1) is 14.9. The molecule has 0 bridgehead atoms. The summed E-state index contributed by atoms with van der Waals surface area (Å²) in [6.07, 6.45) is 1.10. The topological polar surface area (TPSA) is 17.0 Å². The maximum atomic E-state index is 3.57. The van der Waals surface area contributed by atoms with E-state index < -0.39 is 0 Å². The van der Waals surface area contributed by atoms with Gasteiger partial charge >= 0.3 is 0 Å². The molecule has 2 rings (SSSR count). The van der Waals surface area contributed by atoms with Gasteiger partial charge in [-0.15, -0.1) is 0 Å². The first-order valence-electron chi connectivity index (χ1n) is 7.54. The highest BCUT2D eigenvalue weighted by atomic mass is 15.0. The van der Waals surface area contributed by atoms with Crippen LogP contribution in [0.3, 0.4) is 0 Å². The average molecular weight is 270 g/mol. The summed E-state index contributed by atoms with van der Waals surface area (Å²) in [7, 11) is 0. The first-order valence-corrected chi connectivity index (χ1v) is 7.54. The predicted molar refractivity (Wildman–Crippen MR) is 86.2 cm³/mol. The number of nitrogens with one attached hydrogen (secondary N) is 1. The minimum Gasteiger partial charge on any atom is -0.349 e. The zero-order valence-corrected chi connectivity index (χ0v) is 13.2. The second-order valence-electron chi connectivity index (χ2n) is 5.49. The van der Waals surface area contributed by atoms with Crippen LogP contribution in [-0.2, 0) is 19.5 Å². The maximum Gasteiger partial charge on any atom is 0.0223 e. The highest BCUT2D eigenvalue weighted by molar-refractivity contribution is 5.27. The number of aromatic nitrogens is 1. The third-order valence-electron chi connectivity index (χ3n) is 4.14. The Bertz CT molecular complexity index is 567. The normalized spacial score (nSPS) is 11.0. The summed E-state index contributed by atoms with van der Waals surface area (Å²) < 4.78 is 2.37. The third kappa shape index (κ3) is 3.31. The smallest absolute Gasteiger partial charge is 0.0223 e. The van der Waals surface area contributed by atoms with Crippen LogP contribution < -0.4 is 5.32 Å². The van der Waals surface area contributed by atoms with E-state index in [2.05, 4.69) is 67.9 Å². The van der Waals surface area contributed by atoms with Gasteiger partial charge < -0.3 is 9.88 Å². The lowest BCUT2D eigenvalue weighted by Crippen LogP contribution is -2.17. The molecule has 0 saturated heterocycles.